The predicted molar refractivity (Wildman–Crippen MR) is 80.5 cm³/mol. The van der Waals surface area contributed by atoms with Gasteiger partial charge in [-0.3, -0.25) is 0 Å². The second-order valence-electron chi connectivity index (χ2n) is 4.96. The van der Waals surface area contributed by atoms with E-state index < -0.39 is 0 Å². The monoisotopic (exact) mass is 264 g/mol. The van der Waals surface area contributed by atoms with Crippen molar-refractivity contribution in [1.82, 2.24) is 14.9 Å². The molecule has 4 nitrogen and oxygen atoms in total. The quantitative estimate of drug-likeness (QED) is 0.724. The van der Waals surface area contributed by atoms with Crippen LogP contribution in [0.1, 0.15) is 11.1 Å². The van der Waals surface area contributed by atoms with E-state index in [0.29, 0.717) is 11.6 Å². The maximum atomic E-state index is 6.16. The van der Waals surface area contributed by atoms with E-state index in [1.54, 1.807) is 4.68 Å². The molecule has 0 amide bonds. The van der Waals surface area contributed by atoms with Crippen LogP contribution in [-0.4, -0.2) is 14.9 Å². The molecule has 0 saturated carbocycles. The van der Waals surface area contributed by atoms with Crippen LogP contribution in [0.2, 0.25) is 0 Å². The number of hydrogen-bond acceptors (Lipinski definition) is 3. The molecular weight excluding hydrogens is 248 g/mol. The molecule has 0 aliphatic carbocycles. The summed E-state index contributed by atoms with van der Waals surface area (Å²) < 4.78 is 1.55. The molecule has 2 aromatic carbocycles. The number of hydrogen-bond donors (Lipinski definition) is 1. The van der Waals surface area contributed by atoms with Crippen molar-refractivity contribution < 1.29 is 0 Å². The van der Waals surface area contributed by atoms with Gasteiger partial charge in [0.1, 0.15) is 0 Å². The Bertz CT molecular complexity index is 696. The molecule has 0 aliphatic rings. The second-order valence-corrected chi connectivity index (χ2v) is 4.96. The zero-order chi connectivity index (χ0) is 14.1. The van der Waals surface area contributed by atoms with E-state index in [4.69, 9.17) is 5.84 Å². The molecule has 20 heavy (non-hydrogen) atoms. The van der Waals surface area contributed by atoms with Crippen molar-refractivity contribution in [3.63, 3.8) is 0 Å². The molecule has 0 radical (unpaired) electrons. The Kier molecular flexibility index (Phi) is 2.99. The minimum absolute atomic E-state index is 0.671. The molecule has 0 spiro atoms. The first-order chi connectivity index (χ1) is 9.65. The van der Waals surface area contributed by atoms with Crippen LogP contribution in [-0.2, 0) is 0 Å². The zero-order valence-electron chi connectivity index (χ0n) is 11.5. The van der Waals surface area contributed by atoms with Crippen LogP contribution in [0, 0.1) is 13.8 Å². The van der Waals surface area contributed by atoms with Gasteiger partial charge in [0.05, 0.1) is 0 Å². The highest BCUT2D eigenvalue weighted by Crippen LogP contribution is 2.23. The molecule has 0 fully saturated rings. The summed E-state index contributed by atoms with van der Waals surface area (Å²) in [5.74, 6) is 7.50. The van der Waals surface area contributed by atoms with E-state index >= 15 is 0 Å². The van der Waals surface area contributed by atoms with Crippen molar-refractivity contribution in [3.05, 3.63) is 59.7 Å². The zero-order valence-corrected chi connectivity index (χ0v) is 11.5. The van der Waals surface area contributed by atoms with Crippen molar-refractivity contribution in [3.8, 4) is 22.8 Å². The van der Waals surface area contributed by atoms with Crippen LogP contribution in [0.5, 0.6) is 0 Å². The van der Waals surface area contributed by atoms with Crippen molar-refractivity contribution in [2.75, 3.05) is 5.84 Å². The van der Waals surface area contributed by atoms with Crippen molar-refractivity contribution in [1.29, 1.82) is 0 Å². The summed E-state index contributed by atoms with van der Waals surface area (Å²) in [6.07, 6.45) is 0. The van der Waals surface area contributed by atoms with E-state index in [1.165, 1.54) is 11.1 Å². The lowest BCUT2D eigenvalue weighted by atomic mass is 10.1. The summed E-state index contributed by atoms with van der Waals surface area (Å²) in [7, 11) is 0. The van der Waals surface area contributed by atoms with Crippen LogP contribution in [0.3, 0.4) is 0 Å². The summed E-state index contributed by atoms with van der Waals surface area (Å²) in [6, 6.07) is 16.1. The molecule has 4 heteroatoms. The number of nitrogens with two attached hydrogens (primary N) is 1. The average molecular weight is 264 g/mol. The SMILES string of the molecule is Cc1cccc(-c2nnc(-c3cccc(C)c3)n2N)c1. The first-order valence-corrected chi connectivity index (χ1v) is 6.50. The molecule has 0 unspecified atom stereocenters. The molecule has 0 bridgehead atoms. The number of aryl methyl sites for hydroxylation is 2. The number of nitrogens with zero attached hydrogens (tertiary/aromatic N) is 3. The highest BCUT2D eigenvalue weighted by molar-refractivity contribution is 5.63. The fourth-order valence-electron chi connectivity index (χ4n) is 2.25. The summed E-state index contributed by atoms with van der Waals surface area (Å²) in [4.78, 5) is 0. The third-order valence-corrected chi connectivity index (χ3v) is 3.25. The summed E-state index contributed by atoms with van der Waals surface area (Å²) in [5, 5.41) is 8.44. The molecular formula is C16H16N4. The van der Waals surface area contributed by atoms with Gasteiger partial charge in [0, 0.05) is 11.1 Å². The van der Waals surface area contributed by atoms with E-state index in [0.717, 1.165) is 11.1 Å². The molecule has 2 N–H and O–H groups in total. The Morgan fingerprint density at radius 2 is 1.25 bits per heavy atom. The van der Waals surface area contributed by atoms with E-state index in [9.17, 15) is 0 Å². The van der Waals surface area contributed by atoms with Gasteiger partial charge in [-0.05, 0) is 26.0 Å². The Morgan fingerprint density at radius 3 is 1.65 bits per heavy atom. The van der Waals surface area contributed by atoms with Crippen molar-refractivity contribution in [2.24, 2.45) is 0 Å². The minimum atomic E-state index is 0.671. The molecule has 1 aromatic heterocycles. The Hall–Kier alpha value is -2.62. The number of rotatable bonds is 2. The Balaban J connectivity index is 2.09. The second kappa shape index (κ2) is 4.81. The first-order valence-electron chi connectivity index (χ1n) is 6.50. The average Bonchev–Trinajstić information content (AvgIpc) is 2.80. The van der Waals surface area contributed by atoms with Crippen LogP contribution < -0.4 is 5.84 Å². The van der Waals surface area contributed by atoms with Crippen LogP contribution >= 0.6 is 0 Å². The van der Waals surface area contributed by atoms with Gasteiger partial charge in [0.15, 0.2) is 11.6 Å². The molecule has 3 aromatic rings. The third kappa shape index (κ3) is 2.16. The lowest BCUT2D eigenvalue weighted by molar-refractivity contribution is 1.02. The predicted octanol–water partition coefficient (Wildman–Crippen LogP) is 2.94. The van der Waals surface area contributed by atoms with Crippen LogP contribution in [0.25, 0.3) is 22.8 Å². The summed E-state index contributed by atoms with van der Waals surface area (Å²) in [5.41, 5.74) is 4.28. The van der Waals surface area contributed by atoms with Crippen molar-refractivity contribution in [2.45, 2.75) is 13.8 Å². The molecule has 0 aliphatic heterocycles. The smallest absolute Gasteiger partial charge is 0.182 e. The molecule has 0 saturated heterocycles. The standard InChI is InChI=1S/C16H16N4/c1-11-5-3-7-13(9-11)15-18-19-16(20(15)17)14-8-4-6-12(2)10-14/h3-10H,17H2,1-2H3. The lowest BCUT2D eigenvalue weighted by Gasteiger charge is -2.05. The Labute approximate surface area is 117 Å². The van der Waals surface area contributed by atoms with Gasteiger partial charge in [-0.1, -0.05) is 47.5 Å². The highest BCUT2D eigenvalue weighted by Gasteiger charge is 2.13. The van der Waals surface area contributed by atoms with Gasteiger partial charge in [0.25, 0.3) is 0 Å². The molecule has 100 valence electrons. The maximum Gasteiger partial charge on any atom is 0.182 e. The largest absolute Gasteiger partial charge is 0.336 e. The highest BCUT2D eigenvalue weighted by atomic mass is 15.4. The van der Waals surface area contributed by atoms with E-state index in [-0.39, 0.29) is 0 Å². The maximum absolute atomic E-state index is 6.16. The van der Waals surface area contributed by atoms with Gasteiger partial charge in [-0.2, -0.15) is 0 Å². The van der Waals surface area contributed by atoms with Crippen molar-refractivity contribution >= 4 is 0 Å². The first kappa shape index (κ1) is 12.4. The van der Waals surface area contributed by atoms with Crippen LogP contribution in [0.15, 0.2) is 48.5 Å². The van der Waals surface area contributed by atoms with E-state index in [2.05, 4.69) is 10.2 Å². The van der Waals surface area contributed by atoms with Gasteiger partial charge < -0.3 is 5.84 Å². The minimum Gasteiger partial charge on any atom is -0.336 e. The fourth-order valence-corrected chi connectivity index (χ4v) is 2.25. The summed E-state index contributed by atoms with van der Waals surface area (Å²) >= 11 is 0. The fraction of sp³-hybridized carbons (Fsp3) is 0.125. The number of nitrogen functional groups attached to an aromatic ring is 1. The van der Waals surface area contributed by atoms with Crippen LogP contribution in [0.4, 0.5) is 0 Å². The Morgan fingerprint density at radius 1 is 0.800 bits per heavy atom. The van der Waals surface area contributed by atoms with Gasteiger partial charge in [-0.25, -0.2) is 4.68 Å². The number of benzene rings is 2. The third-order valence-electron chi connectivity index (χ3n) is 3.25. The van der Waals surface area contributed by atoms with E-state index in [1.807, 2.05) is 62.4 Å². The molecule has 0 atom stereocenters. The summed E-state index contributed by atoms with van der Waals surface area (Å²) in [6.45, 7) is 4.09. The molecule has 3 rings (SSSR count). The number of aromatic nitrogens is 3. The molecule has 1 heterocycles. The van der Waals surface area contributed by atoms with Gasteiger partial charge >= 0.3 is 0 Å². The van der Waals surface area contributed by atoms with Gasteiger partial charge in [0.2, 0.25) is 0 Å². The normalized spacial score (nSPS) is 10.7. The van der Waals surface area contributed by atoms with Gasteiger partial charge in [-0.15, -0.1) is 10.2 Å². The topological polar surface area (TPSA) is 56.7 Å². The lowest BCUT2D eigenvalue weighted by Crippen LogP contribution is -2.12.